The van der Waals surface area contributed by atoms with Gasteiger partial charge in [0.1, 0.15) is 11.2 Å². The first-order chi connectivity index (χ1) is 6.04. The smallest absolute Gasteiger partial charge is 0.240 e. The zero-order valence-electron chi connectivity index (χ0n) is 6.43. The standard InChI is InChI=1S/C8H6Cl2FNO/c9-4-2-1-3-5(11)6(4)7(10)8(12)13/h1-3,7H,(H2,12,13). The maximum absolute atomic E-state index is 13.1. The summed E-state index contributed by atoms with van der Waals surface area (Å²) < 4.78 is 13.1. The largest absolute Gasteiger partial charge is 0.368 e. The zero-order chi connectivity index (χ0) is 10.0. The topological polar surface area (TPSA) is 43.1 Å². The van der Waals surface area contributed by atoms with Crippen LogP contribution in [0.2, 0.25) is 5.02 Å². The minimum atomic E-state index is -1.23. The average molecular weight is 222 g/mol. The number of rotatable bonds is 2. The van der Waals surface area contributed by atoms with E-state index in [2.05, 4.69) is 0 Å². The van der Waals surface area contributed by atoms with Gasteiger partial charge in [-0.15, -0.1) is 11.6 Å². The molecule has 0 bridgehead atoms. The Kier molecular flexibility index (Phi) is 3.12. The molecule has 0 saturated heterocycles. The highest BCUT2D eigenvalue weighted by Gasteiger charge is 2.21. The highest BCUT2D eigenvalue weighted by Crippen LogP contribution is 2.29. The van der Waals surface area contributed by atoms with Gasteiger partial charge in [-0.25, -0.2) is 4.39 Å². The lowest BCUT2D eigenvalue weighted by Gasteiger charge is -2.08. The van der Waals surface area contributed by atoms with Gasteiger partial charge >= 0.3 is 0 Å². The van der Waals surface area contributed by atoms with Crippen molar-refractivity contribution in [3.8, 4) is 0 Å². The molecule has 1 unspecified atom stereocenters. The molecule has 0 aliphatic heterocycles. The second-order valence-corrected chi connectivity index (χ2v) is 3.24. The molecular formula is C8H6Cl2FNO. The third-order valence-corrected chi connectivity index (χ3v) is 2.27. The zero-order valence-corrected chi connectivity index (χ0v) is 7.94. The molecular weight excluding hydrogens is 216 g/mol. The lowest BCUT2D eigenvalue weighted by Crippen LogP contribution is -2.18. The van der Waals surface area contributed by atoms with Gasteiger partial charge in [-0.3, -0.25) is 4.79 Å². The van der Waals surface area contributed by atoms with Crippen LogP contribution < -0.4 is 5.73 Å². The fraction of sp³-hybridized carbons (Fsp3) is 0.125. The van der Waals surface area contributed by atoms with Crippen LogP contribution in [-0.4, -0.2) is 5.91 Å². The Morgan fingerprint density at radius 3 is 2.62 bits per heavy atom. The number of hydrogen-bond donors (Lipinski definition) is 1. The number of nitrogens with two attached hydrogens (primary N) is 1. The number of carbonyl (C=O) groups excluding carboxylic acids is 1. The fourth-order valence-electron chi connectivity index (χ4n) is 0.895. The van der Waals surface area contributed by atoms with Crippen LogP contribution in [0.4, 0.5) is 4.39 Å². The summed E-state index contributed by atoms with van der Waals surface area (Å²) in [7, 11) is 0. The highest BCUT2D eigenvalue weighted by molar-refractivity contribution is 6.35. The third kappa shape index (κ3) is 2.11. The Labute approximate surface area is 84.4 Å². The summed E-state index contributed by atoms with van der Waals surface area (Å²) in [4.78, 5) is 10.7. The molecule has 2 N–H and O–H groups in total. The first kappa shape index (κ1) is 10.3. The molecule has 1 rings (SSSR count). The lowest BCUT2D eigenvalue weighted by molar-refractivity contribution is -0.117. The van der Waals surface area contributed by atoms with E-state index in [1.807, 2.05) is 0 Å². The van der Waals surface area contributed by atoms with E-state index in [4.69, 9.17) is 28.9 Å². The quantitative estimate of drug-likeness (QED) is 0.766. The van der Waals surface area contributed by atoms with E-state index in [9.17, 15) is 9.18 Å². The van der Waals surface area contributed by atoms with E-state index in [1.54, 1.807) is 0 Å². The SMILES string of the molecule is NC(=O)C(Cl)c1c(F)cccc1Cl. The van der Waals surface area contributed by atoms with Crippen molar-refractivity contribution in [1.29, 1.82) is 0 Å². The molecule has 0 aromatic heterocycles. The van der Waals surface area contributed by atoms with Crippen LogP contribution in [-0.2, 0) is 4.79 Å². The molecule has 0 spiro atoms. The van der Waals surface area contributed by atoms with Crippen LogP contribution in [0.1, 0.15) is 10.9 Å². The Morgan fingerprint density at radius 2 is 2.15 bits per heavy atom. The molecule has 0 fully saturated rings. The molecule has 1 aromatic rings. The van der Waals surface area contributed by atoms with Crippen molar-refractivity contribution in [1.82, 2.24) is 0 Å². The highest BCUT2D eigenvalue weighted by atomic mass is 35.5. The van der Waals surface area contributed by atoms with E-state index in [0.29, 0.717) is 0 Å². The van der Waals surface area contributed by atoms with E-state index in [0.717, 1.165) is 0 Å². The molecule has 2 nitrogen and oxygen atoms in total. The second-order valence-electron chi connectivity index (χ2n) is 2.40. The monoisotopic (exact) mass is 221 g/mol. The number of alkyl halides is 1. The van der Waals surface area contributed by atoms with Gasteiger partial charge in [0, 0.05) is 10.6 Å². The minimum absolute atomic E-state index is 0.0710. The Bertz CT molecular complexity index is 323. The van der Waals surface area contributed by atoms with Gasteiger partial charge in [-0.1, -0.05) is 17.7 Å². The van der Waals surface area contributed by atoms with Gasteiger partial charge in [0.05, 0.1) is 0 Å². The normalized spacial score (nSPS) is 12.5. The summed E-state index contributed by atoms with van der Waals surface area (Å²) in [5.41, 5.74) is 4.84. The van der Waals surface area contributed by atoms with Crippen LogP contribution in [0.3, 0.4) is 0 Å². The predicted molar refractivity (Wildman–Crippen MR) is 49.2 cm³/mol. The van der Waals surface area contributed by atoms with Gasteiger partial charge in [-0.05, 0) is 12.1 Å². The molecule has 1 amide bonds. The summed E-state index contributed by atoms with van der Waals surface area (Å²) in [5.74, 6) is -1.46. The maximum atomic E-state index is 13.1. The number of carbonyl (C=O) groups is 1. The van der Waals surface area contributed by atoms with Crippen molar-refractivity contribution in [2.75, 3.05) is 0 Å². The third-order valence-electron chi connectivity index (χ3n) is 1.50. The van der Waals surface area contributed by atoms with Crippen LogP contribution in [0.25, 0.3) is 0 Å². The number of benzene rings is 1. The summed E-state index contributed by atoms with van der Waals surface area (Å²) in [6.45, 7) is 0. The van der Waals surface area contributed by atoms with E-state index < -0.39 is 17.1 Å². The molecule has 13 heavy (non-hydrogen) atoms. The molecule has 70 valence electrons. The summed E-state index contributed by atoms with van der Waals surface area (Å²) in [5, 5.41) is -1.13. The van der Waals surface area contributed by atoms with Crippen molar-refractivity contribution < 1.29 is 9.18 Å². The van der Waals surface area contributed by atoms with E-state index in [1.165, 1.54) is 18.2 Å². The second kappa shape index (κ2) is 3.94. The maximum Gasteiger partial charge on any atom is 0.240 e. The molecule has 5 heteroatoms. The van der Waals surface area contributed by atoms with Crippen molar-refractivity contribution in [2.24, 2.45) is 5.73 Å². The van der Waals surface area contributed by atoms with E-state index >= 15 is 0 Å². The number of amides is 1. The molecule has 0 heterocycles. The lowest BCUT2D eigenvalue weighted by atomic mass is 10.1. The number of primary amides is 1. The summed E-state index contributed by atoms with van der Waals surface area (Å²) in [6, 6.07) is 4.03. The number of hydrogen-bond acceptors (Lipinski definition) is 1. The van der Waals surface area contributed by atoms with Crippen LogP contribution in [0.15, 0.2) is 18.2 Å². The summed E-state index contributed by atoms with van der Waals surface area (Å²) in [6.07, 6.45) is 0. The Hall–Kier alpha value is -0.800. The number of halogens is 3. The van der Waals surface area contributed by atoms with Crippen molar-refractivity contribution >= 4 is 29.1 Å². The van der Waals surface area contributed by atoms with Crippen LogP contribution in [0.5, 0.6) is 0 Å². The van der Waals surface area contributed by atoms with Gasteiger partial charge in [0.15, 0.2) is 0 Å². The van der Waals surface area contributed by atoms with Crippen LogP contribution >= 0.6 is 23.2 Å². The average Bonchev–Trinajstić information content (AvgIpc) is 2.03. The Morgan fingerprint density at radius 1 is 1.54 bits per heavy atom. The molecule has 0 aliphatic rings. The fourth-order valence-corrected chi connectivity index (χ4v) is 1.44. The van der Waals surface area contributed by atoms with Crippen molar-refractivity contribution in [3.63, 3.8) is 0 Å². The molecule has 0 saturated carbocycles. The molecule has 1 atom stereocenters. The molecule has 1 aromatic carbocycles. The van der Waals surface area contributed by atoms with Gasteiger partial charge < -0.3 is 5.73 Å². The minimum Gasteiger partial charge on any atom is -0.368 e. The van der Waals surface area contributed by atoms with Crippen molar-refractivity contribution in [3.05, 3.63) is 34.6 Å². The molecule has 0 radical (unpaired) electrons. The Balaban J connectivity index is 3.20. The van der Waals surface area contributed by atoms with E-state index in [-0.39, 0.29) is 10.6 Å². The molecule has 0 aliphatic carbocycles. The first-order valence-electron chi connectivity index (χ1n) is 3.41. The predicted octanol–water partition coefficient (Wildman–Crippen LogP) is 2.24. The summed E-state index contributed by atoms with van der Waals surface area (Å²) >= 11 is 11.2. The van der Waals surface area contributed by atoms with Gasteiger partial charge in [0.2, 0.25) is 5.91 Å². The van der Waals surface area contributed by atoms with Crippen LogP contribution in [0, 0.1) is 5.82 Å². The first-order valence-corrected chi connectivity index (χ1v) is 4.22. The van der Waals surface area contributed by atoms with Gasteiger partial charge in [0.25, 0.3) is 0 Å². The van der Waals surface area contributed by atoms with Crippen molar-refractivity contribution in [2.45, 2.75) is 5.38 Å². The van der Waals surface area contributed by atoms with Gasteiger partial charge in [-0.2, -0.15) is 0 Å².